The average Bonchev–Trinajstić information content (AvgIpc) is 2.60. The Balaban J connectivity index is 1.92. The monoisotopic (exact) mass is 247 g/mol. The van der Waals surface area contributed by atoms with Crippen LogP contribution in [0.25, 0.3) is 0 Å². The zero-order chi connectivity index (χ0) is 12.3. The number of nitrogens with two attached hydrogens (primary N) is 1. The smallest absolute Gasteiger partial charge is 0.0939 e. The number of para-hydroxylation sites is 1. The minimum atomic E-state index is 0.884. The SMILES string of the molecule is Cc1cc(SCCc2ccccc2N)n(C)n1. The van der Waals surface area contributed by atoms with Gasteiger partial charge in [-0.2, -0.15) is 5.10 Å². The molecular weight excluding hydrogens is 230 g/mol. The minimum Gasteiger partial charge on any atom is -0.399 e. The number of hydrogen-bond donors (Lipinski definition) is 1. The predicted molar refractivity (Wildman–Crippen MR) is 73.2 cm³/mol. The van der Waals surface area contributed by atoms with Gasteiger partial charge in [-0.05, 0) is 31.0 Å². The first-order valence-corrected chi connectivity index (χ1v) is 6.62. The summed E-state index contributed by atoms with van der Waals surface area (Å²) in [5.74, 6) is 1.02. The molecule has 0 fully saturated rings. The number of aromatic nitrogens is 2. The van der Waals surface area contributed by atoms with E-state index in [1.165, 1.54) is 10.6 Å². The first-order chi connectivity index (χ1) is 8.16. The summed E-state index contributed by atoms with van der Waals surface area (Å²) in [4.78, 5) is 0. The van der Waals surface area contributed by atoms with E-state index in [-0.39, 0.29) is 0 Å². The zero-order valence-electron chi connectivity index (χ0n) is 10.2. The van der Waals surface area contributed by atoms with E-state index in [4.69, 9.17) is 5.73 Å². The second kappa shape index (κ2) is 5.27. The molecule has 0 bridgehead atoms. The number of aryl methyl sites for hydroxylation is 3. The Morgan fingerprint density at radius 3 is 2.76 bits per heavy atom. The van der Waals surface area contributed by atoms with E-state index in [1.807, 2.05) is 48.6 Å². The lowest BCUT2D eigenvalue weighted by Crippen LogP contribution is -1.97. The van der Waals surface area contributed by atoms with Crippen molar-refractivity contribution in [3.8, 4) is 0 Å². The van der Waals surface area contributed by atoms with Crippen molar-refractivity contribution in [2.45, 2.75) is 18.4 Å². The molecule has 2 aromatic rings. The summed E-state index contributed by atoms with van der Waals surface area (Å²) < 4.78 is 1.92. The fourth-order valence-corrected chi connectivity index (χ4v) is 2.76. The van der Waals surface area contributed by atoms with Crippen LogP contribution in [0.1, 0.15) is 11.3 Å². The van der Waals surface area contributed by atoms with Crippen molar-refractivity contribution in [2.75, 3.05) is 11.5 Å². The molecule has 0 amide bonds. The lowest BCUT2D eigenvalue weighted by Gasteiger charge is -2.05. The fraction of sp³-hybridized carbons (Fsp3) is 0.308. The van der Waals surface area contributed by atoms with E-state index in [2.05, 4.69) is 17.2 Å². The van der Waals surface area contributed by atoms with Gasteiger partial charge in [-0.15, -0.1) is 11.8 Å². The van der Waals surface area contributed by atoms with Gasteiger partial charge in [-0.3, -0.25) is 4.68 Å². The predicted octanol–water partition coefficient (Wildman–Crippen LogP) is 2.65. The summed E-state index contributed by atoms with van der Waals surface area (Å²) in [5.41, 5.74) is 9.08. The van der Waals surface area contributed by atoms with Crippen LogP contribution in [-0.4, -0.2) is 15.5 Å². The van der Waals surface area contributed by atoms with Crippen molar-refractivity contribution in [3.05, 3.63) is 41.6 Å². The summed E-state index contributed by atoms with van der Waals surface area (Å²) in [6.45, 7) is 2.01. The third kappa shape index (κ3) is 3.03. The summed E-state index contributed by atoms with van der Waals surface area (Å²) in [6, 6.07) is 10.2. The third-order valence-corrected chi connectivity index (χ3v) is 3.72. The standard InChI is InChI=1S/C13H17N3S/c1-10-9-13(16(2)15-10)17-8-7-11-5-3-4-6-12(11)14/h3-6,9H,7-8,14H2,1-2H3. The Hall–Kier alpha value is -1.42. The highest BCUT2D eigenvalue weighted by Crippen LogP contribution is 2.21. The number of benzene rings is 1. The van der Waals surface area contributed by atoms with Gasteiger partial charge in [0.1, 0.15) is 0 Å². The van der Waals surface area contributed by atoms with E-state index in [0.29, 0.717) is 0 Å². The normalized spacial score (nSPS) is 10.7. The van der Waals surface area contributed by atoms with Crippen LogP contribution in [-0.2, 0) is 13.5 Å². The van der Waals surface area contributed by atoms with E-state index >= 15 is 0 Å². The van der Waals surface area contributed by atoms with Gasteiger partial charge in [0.2, 0.25) is 0 Å². The molecule has 0 radical (unpaired) electrons. The van der Waals surface area contributed by atoms with Gasteiger partial charge in [0.15, 0.2) is 0 Å². The summed E-state index contributed by atoms with van der Waals surface area (Å²) in [7, 11) is 1.98. The highest BCUT2D eigenvalue weighted by Gasteiger charge is 2.03. The highest BCUT2D eigenvalue weighted by atomic mass is 32.2. The molecule has 1 aromatic carbocycles. The molecule has 0 aliphatic heterocycles. The van der Waals surface area contributed by atoms with E-state index in [1.54, 1.807) is 0 Å². The number of nitrogens with zero attached hydrogens (tertiary/aromatic N) is 2. The van der Waals surface area contributed by atoms with Gasteiger partial charge in [-0.25, -0.2) is 0 Å². The quantitative estimate of drug-likeness (QED) is 0.667. The van der Waals surface area contributed by atoms with Crippen LogP contribution in [0, 0.1) is 6.92 Å². The van der Waals surface area contributed by atoms with Crippen molar-refractivity contribution in [2.24, 2.45) is 7.05 Å². The van der Waals surface area contributed by atoms with Crippen LogP contribution in [0.4, 0.5) is 5.69 Å². The molecule has 17 heavy (non-hydrogen) atoms. The Kier molecular flexibility index (Phi) is 3.74. The van der Waals surface area contributed by atoms with Crippen molar-refractivity contribution >= 4 is 17.4 Å². The zero-order valence-corrected chi connectivity index (χ0v) is 11.0. The molecule has 4 heteroatoms. The largest absolute Gasteiger partial charge is 0.399 e. The molecule has 1 heterocycles. The van der Waals surface area contributed by atoms with Crippen LogP contribution < -0.4 is 5.73 Å². The van der Waals surface area contributed by atoms with E-state index in [9.17, 15) is 0 Å². The van der Waals surface area contributed by atoms with Crippen LogP contribution in [0.2, 0.25) is 0 Å². The summed E-state index contributed by atoms with van der Waals surface area (Å²) in [5, 5.41) is 5.53. The highest BCUT2D eigenvalue weighted by molar-refractivity contribution is 7.99. The molecule has 0 saturated carbocycles. The van der Waals surface area contributed by atoms with Crippen LogP contribution in [0.3, 0.4) is 0 Å². The molecule has 1 aromatic heterocycles. The molecule has 3 nitrogen and oxygen atoms in total. The lowest BCUT2D eigenvalue weighted by atomic mass is 10.1. The number of hydrogen-bond acceptors (Lipinski definition) is 3. The van der Waals surface area contributed by atoms with Gasteiger partial charge in [0, 0.05) is 18.5 Å². The first-order valence-electron chi connectivity index (χ1n) is 5.63. The van der Waals surface area contributed by atoms with Crippen LogP contribution in [0.15, 0.2) is 35.4 Å². The van der Waals surface area contributed by atoms with Crippen LogP contribution in [0.5, 0.6) is 0 Å². The maximum atomic E-state index is 5.91. The van der Waals surface area contributed by atoms with Gasteiger partial charge in [0.05, 0.1) is 10.7 Å². The van der Waals surface area contributed by atoms with Gasteiger partial charge in [-0.1, -0.05) is 18.2 Å². The average molecular weight is 247 g/mol. The van der Waals surface area contributed by atoms with Gasteiger partial charge >= 0.3 is 0 Å². The molecule has 0 saturated heterocycles. The number of anilines is 1. The lowest BCUT2D eigenvalue weighted by molar-refractivity contribution is 0.692. The molecule has 2 rings (SSSR count). The third-order valence-electron chi connectivity index (χ3n) is 2.64. The molecule has 0 unspecified atom stereocenters. The second-order valence-electron chi connectivity index (χ2n) is 4.04. The second-order valence-corrected chi connectivity index (χ2v) is 5.16. The molecule has 0 aliphatic carbocycles. The number of rotatable bonds is 4. The van der Waals surface area contributed by atoms with E-state index < -0.39 is 0 Å². The minimum absolute atomic E-state index is 0.884. The Labute approximate surface area is 106 Å². The van der Waals surface area contributed by atoms with Gasteiger partial charge in [0.25, 0.3) is 0 Å². The fourth-order valence-electron chi connectivity index (χ4n) is 1.75. The number of thioether (sulfide) groups is 1. The Morgan fingerprint density at radius 1 is 1.35 bits per heavy atom. The van der Waals surface area contributed by atoms with Crippen molar-refractivity contribution < 1.29 is 0 Å². The molecule has 0 spiro atoms. The van der Waals surface area contributed by atoms with Gasteiger partial charge < -0.3 is 5.73 Å². The Morgan fingerprint density at radius 2 is 2.12 bits per heavy atom. The van der Waals surface area contributed by atoms with Crippen molar-refractivity contribution in [1.82, 2.24) is 9.78 Å². The Bertz CT molecular complexity index is 505. The maximum Gasteiger partial charge on any atom is 0.0939 e. The molecule has 0 aliphatic rings. The van der Waals surface area contributed by atoms with Crippen LogP contribution >= 0.6 is 11.8 Å². The van der Waals surface area contributed by atoms with Crippen molar-refractivity contribution in [3.63, 3.8) is 0 Å². The molecular formula is C13H17N3S. The summed E-state index contributed by atoms with van der Waals surface area (Å²) in [6.07, 6.45) is 0.988. The maximum absolute atomic E-state index is 5.91. The topological polar surface area (TPSA) is 43.8 Å². The number of nitrogen functional groups attached to an aromatic ring is 1. The first kappa shape index (κ1) is 12.0. The molecule has 0 atom stereocenters. The molecule has 2 N–H and O–H groups in total. The molecule has 90 valence electrons. The van der Waals surface area contributed by atoms with Crippen molar-refractivity contribution in [1.29, 1.82) is 0 Å². The van der Waals surface area contributed by atoms with E-state index in [0.717, 1.165) is 23.6 Å². The summed E-state index contributed by atoms with van der Waals surface area (Å²) >= 11 is 1.82.